The number of rotatable bonds is 9. The minimum absolute atomic E-state index is 0.279. The summed E-state index contributed by atoms with van der Waals surface area (Å²) in [4.78, 5) is 6.36. The highest BCUT2D eigenvalue weighted by atomic mass is 32.2. The van der Waals surface area contributed by atoms with Crippen LogP contribution in [0.3, 0.4) is 0 Å². The number of ether oxygens (including phenoxy) is 1. The lowest BCUT2D eigenvalue weighted by Crippen LogP contribution is -2.46. The second kappa shape index (κ2) is 9.44. The molecule has 2 N–H and O–H groups in total. The fourth-order valence-corrected chi connectivity index (χ4v) is 3.72. The Labute approximate surface area is 139 Å². The van der Waals surface area contributed by atoms with Crippen LogP contribution >= 0.6 is 0 Å². The molecule has 134 valence electrons. The van der Waals surface area contributed by atoms with Crippen molar-refractivity contribution in [3.63, 3.8) is 0 Å². The Morgan fingerprint density at radius 1 is 1.22 bits per heavy atom. The van der Waals surface area contributed by atoms with Gasteiger partial charge >= 0.3 is 0 Å². The van der Waals surface area contributed by atoms with Gasteiger partial charge in [0, 0.05) is 53.0 Å². The third-order valence-corrected chi connectivity index (χ3v) is 5.80. The summed E-state index contributed by atoms with van der Waals surface area (Å²) in [6.45, 7) is 5.41. The fraction of sp³-hybridized carbons (Fsp3) is 0.933. The zero-order chi connectivity index (χ0) is 16.5. The standard InChI is InChI=1S/C15H30N4O3S/c1-16-15(17-5-2-10-22-13-14-3-4-14)18-6-7-19-8-11-23(20,21)12-9-19/h14H,2-13H2,1H3,(H2,16,17,18). The molecule has 0 aromatic rings. The molecule has 0 spiro atoms. The summed E-state index contributed by atoms with van der Waals surface area (Å²) in [6.07, 6.45) is 3.63. The van der Waals surface area contributed by atoms with Gasteiger partial charge in [0.1, 0.15) is 0 Å². The van der Waals surface area contributed by atoms with Crippen LogP contribution in [0.25, 0.3) is 0 Å². The van der Waals surface area contributed by atoms with Crippen LogP contribution in [0.2, 0.25) is 0 Å². The van der Waals surface area contributed by atoms with Crippen LogP contribution in [0.5, 0.6) is 0 Å². The normalized spacial score (nSPS) is 22.0. The summed E-state index contributed by atoms with van der Waals surface area (Å²) in [6, 6.07) is 0. The minimum Gasteiger partial charge on any atom is -0.381 e. The van der Waals surface area contributed by atoms with Gasteiger partial charge < -0.3 is 15.4 Å². The Kier molecular flexibility index (Phi) is 7.58. The largest absolute Gasteiger partial charge is 0.381 e. The summed E-state index contributed by atoms with van der Waals surface area (Å²) in [5, 5.41) is 6.53. The second-order valence-electron chi connectivity index (χ2n) is 6.29. The monoisotopic (exact) mass is 346 g/mol. The summed E-state index contributed by atoms with van der Waals surface area (Å²) in [5.74, 6) is 2.17. The maximum atomic E-state index is 11.4. The Balaban J connectivity index is 1.47. The molecule has 0 aromatic carbocycles. The average Bonchev–Trinajstić information content (AvgIpc) is 3.34. The topological polar surface area (TPSA) is 83.0 Å². The van der Waals surface area contributed by atoms with Gasteiger partial charge in [-0.25, -0.2) is 8.42 Å². The van der Waals surface area contributed by atoms with Crippen LogP contribution in [0.1, 0.15) is 19.3 Å². The Hall–Kier alpha value is -0.860. The summed E-state index contributed by atoms with van der Waals surface area (Å²) >= 11 is 0. The predicted octanol–water partition coefficient (Wildman–Crippen LogP) is -0.301. The zero-order valence-electron chi connectivity index (χ0n) is 14.1. The van der Waals surface area contributed by atoms with Crippen LogP contribution in [0.15, 0.2) is 4.99 Å². The quantitative estimate of drug-likeness (QED) is 0.339. The first-order valence-electron chi connectivity index (χ1n) is 8.54. The molecule has 7 nitrogen and oxygen atoms in total. The summed E-state index contributed by atoms with van der Waals surface area (Å²) in [7, 11) is -1.04. The van der Waals surface area contributed by atoms with Gasteiger partial charge in [-0.3, -0.25) is 9.89 Å². The van der Waals surface area contributed by atoms with E-state index >= 15 is 0 Å². The molecule has 2 aliphatic rings. The van der Waals surface area contributed by atoms with Crippen LogP contribution in [0.4, 0.5) is 0 Å². The van der Waals surface area contributed by atoms with Crippen molar-refractivity contribution >= 4 is 15.8 Å². The van der Waals surface area contributed by atoms with Crippen molar-refractivity contribution in [2.45, 2.75) is 19.3 Å². The molecule has 0 unspecified atom stereocenters. The van der Waals surface area contributed by atoms with E-state index in [9.17, 15) is 8.42 Å². The molecule has 2 rings (SSSR count). The SMILES string of the molecule is CN=C(NCCCOCC1CC1)NCCN1CCS(=O)(=O)CC1. The van der Waals surface area contributed by atoms with E-state index in [1.807, 2.05) is 0 Å². The van der Waals surface area contributed by atoms with Gasteiger partial charge in [-0.1, -0.05) is 0 Å². The van der Waals surface area contributed by atoms with E-state index in [-0.39, 0.29) is 11.5 Å². The van der Waals surface area contributed by atoms with Gasteiger partial charge in [0.05, 0.1) is 11.5 Å². The van der Waals surface area contributed by atoms with Crippen LogP contribution < -0.4 is 10.6 Å². The number of hydrogen-bond donors (Lipinski definition) is 2. The number of hydrogen-bond acceptors (Lipinski definition) is 5. The molecule has 0 amide bonds. The second-order valence-corrected chi connectivity index (χ2v) is 8.59. The van der Waals surface area contributed by atoms with Crippen LogP contribution in [-0.4, -0.2) is 83.8 Å². The predicted molar refractivity (Wildman–Crippen MR) is 92.6 cm³/mol. The molecule has 2 fully saturated rings. The summed E-state index contributed by atoms with van der Waals surface area (Å²) < 4.78 is 28.3. The lowest BCUT2D eigenvalue weighted by Gasteiger charge is -2.26. The molecule has 1 saturated carbocycles. The van der Waals surface area contributed by atoms with Crippen LogP contribution in [0, 0.1) is 5.92 Å². The molecule has 1 aliphatic carbocycles. The molecule has 0 atom stereocenters. The fourth-order valence-electron chi connectivity index (χ4n) is 2.44. The molecular formula is C15H30N4O3S. The lowest BCUT2D eigenvalue weighted by molar-refractivity contribution is 0.123. The smallest absolute Gasteiger partial charge is 0.191 e. The van der Waals surface area contributed by atoms with Crippen molar-refractivity contribution in [2.24, 2.45) is 10.9 Å². The number of nitrogens with zero attached hydrogens (tertiary/aromatic N) is 2. The van der Waals surface area contributed by atoms with E-state index < -0.39 is 9.84 Å². The molecule has 1 heterocycles. The number of guanidine groups is 1. The van der Waals surface area contributed by atoms with Gasteiger partial charge in [0.25, 0.3) is 0 Å². The highest BCUT2D eigenvalue weighted by Gasteiger charge is 2.21. The van der Waals surface area contributed by atoms with Gasteiger partial charge in [-0.2, -0.15) is 0 Å². The molecule has 8 heteroatoms. The number of sulfone groups is 1. The average molecular weight is 346 g/mol. The molecular weight excluding hydrogens is 316 g/mol. The van der Waals surface area contributed by atoms with Gasteiger partial charge in [-0.15, -0.1) is 0 Å². The molecule has 1 aliphatic heterocycles. The van der Waals surface area contributed by atoms with Gasteiger partial charge in [0.2, 0.25) is 0 Å². The third kappa shape index (κ3) is 7.99. The first-order valence-corrected chi connectivity index (χ1v) is 10.4. The van der Waals surface area contributed by atoms with Crippen LogP contribution in [-0.2, 0) is 14.6 Å². The first kappa shape index (κ1) is 18.5. The van der Waals surface area contributed by atoms with Gasteiger partial charge in [-0.05, 0) is 25.2 Å². The van der Waals surface area contributed by atoms with Crippen molar-refractivity contribution in [1.29, 1.82) is 0 Å². The molecule has 1 saturated heterocycles. The first-order chi connectivity index (χ1) is 11.1. The molecule has 0 aromatic heterocycles. The Morgan fingerprint density at radius 2 is 1.91 bits per heavy atom. The maximum absolute atomic E-state index is 11.4. The van der Waals surface area contributed by atoms with Crippen molar-refractivity contribution in [2.75, 3.05) is 64.5 Å². The number of aliphatic imine (C=N–C) groups is 1. The third-order valence-electron chi connectivity index (χ3n) is 4.19. The molecule has 0 radical (unpaired) electrons. The highest BCUT2D eigenvalue weighted by molar-refractivity contribution is 7.91. The highest BCUT2D eigenvalue weighted by Crippen LogP contribution is 2.28. The lowest BCUT2D eigenvalue weighted by atomic mass is 10.4. The summed E-state index contributed by atoms with van der Waals surface area (Å²) in [5.41, 5.74) is 0. The molecule has 23 heavy (non-hydrogen) atoms. The zero-order valence-corrected chi connectivity index (χ0v) is 14.9. The van der Waals surface area contributed by atoms with Gasteiger partial charge in [0.15, 0.2) is 15.8 Å². The van der Waals surface area contributed by atoms with E-state index in [0.29, 0.717) is 13.1 Å². The molecule has 0 bridgehead atoms. The van der Waals surface area contributed by atoms with E-state index in [0.717, 1.165) is 51.1 Å². The van der Waals surface area contributed by atoms with Crippen molar-refractivity contribution < 1.29 is 13.2 Å². The Bertz CT molecular complexity index is 463. The van der Waals surface area contributed by atoms with E-state index in [1.165, 1.54) is 12.8 Å². The van der Waals surface area contributed by atoms with Crippen molar-refractivity contribution in [3.05, 3.63) is 0 Å². The van der Waals surface area contributed by atoms with E-state index in [2.05, 4.69) is 20.5 Å². The Morgan fingerprint density at radius 3 is 2.57 bits per heavy atom. The number of nitrogens with one attached hydrogen (secondary N) is 2. The van der Waals surface area contributed by atoms with Crippen molar-refractivity contribution in [1.82, 2.24) is 15.5 Å². The minimum atomic E-state index is -2.79. The van der Waals surface area contributed by atoms with E-state index in [1.54, 1.807) is 7.05 Å². The maximum Gasteiger partial charge on any atom is 0.191 e. The van der Waals surface area contributed by atoms with Crippen molar-refractivity contribution in [3.8, 4) is 0 Å². The van der Waals surface area contributed by atoms with E-state index in [4.69, 9.17) is 4.74 Å².